The van der Waals surface area contributed by atoms with E-state index in [0.717, 1.165) is 18.2 Å². The molecule has 0 bridgehead atoms. The first-order valence-corrected chi connectivity index (χ1v) is 7.72. The molecular weight excluding hydrogens is 289 g/mol. The average molecular weight is 307 g/mol. The highest BCUT2D eigenvalue weighted by molar-refractivity contribution is 7.07. The predicted octanol–water partition coefficient (Wildman–Crippen LogP) is 3.38. The summed E-state index contributed by atoms with van der Waals surface area (Å²) in [6.45, 7) is 3.19. The van der Waals surface area contributed by atoms with Crippen molar-refractivity contribution in [2.24, 2.45) is 0 Å². The lowest BCUT2D eigenvalue weighted by Crippen LogP contribution is -2.27. The third kappa shape index (κ3) is 4.01. The molecule has 0 aromatic carbocycles. The number of thiophene rings is 1. The number of nitrogens with one attached hydrogen (secondary N) is 1. The van der Waals surface area contributed by atoms with E-state index in [2.05, 4.69) is 10.3 Å². The summed E-state index contributed by atoms with van der Waals surface area (Å²) >= 11 is 1.58. The Morgan fingerprint density at radius 2 is 2.33 bits per heavy atom. The molecule has 2 aromatic heterocycles. The summed E-state index contributed by atoms with van der Waals surface area (Å²) in [6.07, 6.45) is 2.02. The van der Waals surface area contributed by atoms with Gasteiger partial charge in [-0.3, -0.25) is 4.79 Å². The first kappa shape index (κ1) is 15.4. The molecule has 1 N–H and O–H groups in total. The van der Waals surface area contributed by atoms with Crippen molar-refractivity contribution in [3.63, 3.8) is 0 Å². The van der Waals surface area contributed by atoms with E-state index in [9.17, 15) is 9.18 Å². The van der Waals surface area contributed by atoms with Gasteiger partial charge < -0.3 is 10.2 Å². The quantitative estimate of drug-likeness (QED) is 0.890. The van der Waals surface area contributed by atoms with Crippen LogP contribution in [0.15, 0.2) is 29.1 Å². The van der Waals surface area contributed by atoms with Gasteiger partial charge >= 0.3 is 0 Å². The van der Waals surface area contributed by atoms with E-state index in [0.29, 0.717) is 18.9 Å². The lowest BCUT2D eigenvalue weighted by molar-refractivity contribution is 0.0785. The van der Waals surface area contributed by atoms with Gasteiger partial charge in [0.1, 0.15) is 11.6 Å². The molecule has 0 aliphatic carbocycles. The summed E-state index contributed by atoms with van der Waals surface area (Å²) in [4.78, 5) is 18.0. The molecular formula is C15H18FN3OS. The maximum Gasteiger partial charge on any atom is 0.257 e. The lowest BCUT2D eigenvalue weighted by atomic mass is 10.2. The molecule has 0 unspecified atom stereocenters. The number of nitrogens with zero attached hydrogens (tertiary/aromatic N) is 2. The molecule has 2 heterocycles. The standard InChI is InChI=1S/C15H18FN3OS/c1-3-5-17-14-13(7-12(16)8-18-14)15(20)19(2)9-11-4-6-21-10-11/h4,6-8,10H,3,5,9H2,1-2H3,(H,17,18). The molecule has 0 spiro atoms. The van der Waals surface area contributed by atoms with E-state index in [1.807, 2.05) is 23.8 Å². The molecule has 2 rings (SSSR count). The summed E-state index contributed by atoms with van der Waals surface area (Å²) in [6, 6.07) is 3.20. The smallest absolute Gasteiger partial charge is 0.257 e. The Morgan fingerprint density at radius 3 is 3.00 bits per heavy atom. The second-order valence-corrected chi connectivity index (χ2v) is 5.55. The fourth-order valence-electron chi connectivity index (χ4n) is 1.92. The van der Waals surface area contributed by atoms with Gasteiger partial charge in [0.15, 0.2) is 0 Å². The van der Waals surface area contributed by atoms with Crippen molar-refractivity contribution < 1.29 is 9.18 Å². The first-order valence-electron chi connectivity index (χ1n) is 6.77. The second-order valence-electron chi connectivity index (χ2n) is 4.77. The van der Waals surface area contributed by atoms with Gasteiger partial charge in [-0.05, 0) is 34.9 Å². The number of anilines is 1. The molecule has 0 atom stereocenters. The number of hydrogen-bond acceptors (Lipinski definition) is 4. The molecule has 0 radical (unpaired) electrons. The van der Waals surface area contributed by atoms with Gasteiger partial charge in [0.2, 0.25) is 0 Å². The molecule has 21 heavy (non-hydrogen) atoms. The Balaban J connectivity index is 2.18. The number of aromatic nitrogens is 1. The number of hydrogen-bond donors (Lipinski definition) is 1. The van der Waals surface area contributed by atoms with Crippen LogP contribution in [0.4, 0.5) is 10.2 Å². The maximum atomic E-state index is 13.4. The minimum absolute atomic E-state index is 0.244. The highest BCUT2D eigenvalue weighted by Crippen LogP contribution is 2.17. The predicted molar refractivity (Wildman–Crippen MR) is 83.1 cm³/mol. The number of pyridine rings is 1. The van der Waals surface area contributed by atoms with Crippen LogP contribution in [0.3, 0.4) is 0 Å². The van der Waals surface area contributed by atoms with Gasteiger partial charge in [-0.15, -0.1) is 0 Å². The van der Waals surface area contributed by atoms with Crippen LogP contribution in [0.1, 0.15) is 29.3 Å². The van der Waals surface area contributed by atoms with E-state index >= 15 is 0 Å². The highest BCUT2D eigenvalue weighted by Gasteiger charge is 2.18. The fourth-order valence-corrected chi connectivity index (χ4v) is 2.58. The number of rotatable bonds is 6. The van der Waals surface area contributed by atoms with Gasteiger partial charge in [0.25, 0.3) is 5.91 Å². The molecule has 6 heteroatoms. The number of carbonyl (C=O) groups is 1. The average Bonchev–Trinajstić information content (AvgIpc) is 2.98. The van der Waals surface area contributed by atoms with Gasteiger partial charge in [0, 0.05) is 20.1 Å². The van der Waals surface area contributed by atoms with E-state index in [1.165, 1.54) is 6.07 Å². The molecule has 4 nitrogen and oxygen atoms in total. The summed E-state index contributed by atoms with van der Waals surface area (Å²) < 4.78 is 13.4. The Bertz CT molecular complexity index is 601. The Kier molecular flexibility index (Phi) is 5.27. The molecule has 1 amide bonds. The van der Waals surface area contributed by atoms with Crippen LogP contribution in [0.2, 0.25) is 0 Å². The van der Waals surface area contributed by atoms with Crippen LogP contribution in [-0.2, 0) is 6.54 Å². The minimum atomic E-state index is -0.510. The zero-order valence-electron chi connectivity index (χ0n) is 12.1. The topological polar surface area (TPSA) is 45.2 Å². The number of carbonyl (C=O) groups excluding carboxylic acids is 1. The van der Waals surface area contributed by atoms with Gasteiger partial charge in [-0.2, -0.15) is 11.3 Å². The van der Waals surface area contributed by atoms with E-state index in [1.54, 1.807) is 23.3 Å². The van der Waals surface area contributed by atoms with Crippen LogP contribution in [0, 0.1) is 5.82 Å². The van der Waals surface area contributed by atoms with Crippen LogP contribution < -0.4 is 5.32 Å². The molecule has 0 saturated carbocycles. The van der Waals surface area contributed by atoms with Crippen molar-refractivity contribution in [2.75, 3.05) is 18.9 Å². The molecule has 112 valence electrons. The van der Waals surface area contributed by atoms with Crippen molar-refractivity contribution in [3.8, 4) is 0 Å². The zero-order chi connectivity index (χ0) is 15.2. The Hall–Kier alpha value is -1.95. The Morgan fingerprint density at radius 1 is 1.52 bits per heavy atom. The van der Waals surface area contributed by atoms with E-state index in [4.69, 9.17) is 0 Å². The Labute approximate surface area is 127 Å². The second kappa shape index (κ2) is 7.17. The van der Waals surface area contributed by atoms with Gasteiger partial charge in [-0.1, -0.05) is 6.92 Å². The number of halogens is 1. The molecule has 0 fully saturated rings. The highest BCUT2D eigenvalue weighted by atomic mass is 32.1. The van der Waals surface area contributed by atoms with Crippen molar-refractivity contribution in [2.45, 2.75) is 19.9 Å². The minimum Gasteiger partial charge on any atom is -0.369 e. The summed E-state index contributed by atoms with van der Waals surface area (Å²) in [5.41, 5.74) is 1.32. The molecule has 0 saturated heterocycles. The van der Waals surface area contributed by atoms with Crippen LogP contribution >= 0.6 is 11.3 Å². The normalized spacial score (nSPS) is 10.4. The van der Waals surface area contributed by atoms with Crippen LogP contribution in [-0.4, -0.2) is 29.4 Å². The van der Waals surface area contributed by atoms with E-state index in [-0.39, 0.29) is 11.5 Å². The van der Waals surface area contributed by atoms with Crippen molar-refractivity contribution in [1.29, 1.82) is 0 Å². The van der Waals surface area contributed by atoms with Gasteiger partial charge in [-0.25, -0.2) is 9.37 Å². The van der Waals surface area contributed by atoms with E-state index < -0.39 is 5.82 Å². The SMILES string of the molecule is CCCNc1ncc(F)cc1C(=O)N(C)Cc1ccsc1. The van der Waals surface area contributed by atoms with Crippen molar-refractivity contribution >= 4 is 23.1 Å². The molecule has 0 aliphatic heterocycles. The third-order valence-electron chi connectivity index (χ3n) is 2.97. The maximum absolute atomic E-state index is 13.4. The summed E-state index contributed by atoms with van der Waals surface area (Å²) in [5.74, 6) is -0.323. The monoisotopic (exact) mass is 307 g/mol. The van der Waals surface area contributed by atoms with Crippen molar-refractivity contribution in [3.05, 3.63) is 46.0 Å². The van der Waals surface area contributed by atoms with Crippen LogP contribution in [0.25, 0.3) is 0 Å². The summed E-state index contributed by atoms with van der Waals surface area (Å²) in [5, 5.41) is 7.02. The molecule has 0 aliphatic rings. The lowest BCUT2D eigenvalue weighted by Gasteiger charge is -2.18. The number of amides is 1. The van der Waals surface area contributed by atoms with Gasteiger partial charge in [0.05, 0.1) is 11.8 Å². The summed E-state index contributed by atoms with van der Waals surface area (Å²) in [7, 11) is 1.70. The fraction of sp³-hybridized carbons (Fsp3) is 0.333. The van der Waals surface area contributed by atoms with Crippen LogP contribution in [0.5, 0.6) is 0 Å². The molecule has 2 aromatic rings. The third-order valence-corrected chi connectivity index (χ3v) is 3.71. The zero-order valence-corrected chi connectivity index (χ0v) is 12.9. The van der Waals surface area contributed by atoms with Crippen molar-refractivity contribution in [1.82, 2.24) is 9.88 Å². The largest absolute Gasteiger partial charge is 0.369 e. The first-order chi connectivity index (χ1) is 10.1.